The van der Waals surface area contributed by atoms with E-state index in [9.17, 15) is 5.11 Å². The fourth-order valence-corrected chi connectivity index (χ4v) is 3.55. The monoisotopic (exact) mass is 289 g/mol. The third-order valence-electron chi connectivity index (χ3n) is 2.99. The largest absolute Gasteiger partial charge is 0.393 e. The molecule has 0 radical (unpaired) electrons. The van der Waals surface area contributed by atoms with E-state index in [1.54, 1.807) is 11.3 Å². The maximum atomic E-state index is 9.51. The third kappa shape index (κ3) is 3.03. The maximum absolute atomic E-state index is 9.51. The Balaban J connectivity index is 1.87. The van der Waals surface area contributed by atoms with Crippen LogP contribution in [-0.2, 0) is 6.54 Å². The zero-order chi connectivity index (χ0) is 10.8. The summed E-state index contributed by atoms with van der Waals surface area (Å²) >= 11 is 5.26. The Morgan fingerprint density at radius 2 is 2.53 bits per heavy atom. The van der Waals surface area contributed by atoms with Gasteiger partial charge in [0.05, 0.1) is 6.10 Å². The summed E-state index contributed by atoms with van der Waals surface area (Å²) in [6.07, 6.45) is 0.967. The first-order valence-electron chi connectivity index (χ1n) is 5.28. The molecule has 1 fully saturated rings. The fourth-order valence-electron chi connectivity index (χ4n) is 2.06. The number of halogens is 1. The van der Waals surface area contributed by atoms with Crippen LogP contribution in [0.25, 0.3) is 0 Å². The van der Waals surface area contributed by atoms with E-state index in [2.05, 4.69) is 32.3 Å². The molecule has 2 heterocycles. The molecule has 0 spiro atoms. The van der Waals surface area contributed by atoms with Crippen LogP contribution in [0.1, 0.15) is 18.2 Å². The van der Waals surface area contributed by atoms with Gasteiger partial charge in [-0.05, 0) is 47.8 Å². The lowest BCUT2D eigenvalue weighted by molar-refractivity contribution is 0.127. The number of aliphatic hydroxyl groups is 1. The van der Waals surface area contributed by atoms with E-state index >= 15 is 0 Å². The lowest BCUT2D eigenvalue weighted by Crippen LogP contribution is -2.23. The van der Waals surface area contributed by atoms with Crippen molar-refractivity contribution in [3.8, 4) is 0 Å². The molecule has 0 saturated carbocycles. The second kappa shape index (κ2) is 4.95. The highest BCUT2D eigenvalue weighted by Gasteiger charge is 2.25. The minimum atomic E-state index is -0.162. The molecular formula is C11H16BrNOS. The normalized spacial score (nSPS) is 24.6. The van der Waals surface area contributed by atoms with Crippen LogP contribution < -0.4 is 0 Å². The molecule has 1 aliphatic rings. The van der Waals surface area contributed by atoms with Gasteiger partial charge in [-0.1, -0.05) is 0 Å². The van der Waals surface area contributed by atoms with Crippen LogP contribution in [0.4, 0.5) is 0 Å². The van der Waals surface area contributed by atoms with E-state index in [1.165, 1.54) is 9.35 Å². The highest BCUT2D eigenvalue weighted by molar-refractivity contribution is 9.10. The average Bonchev–Trinajstić information content (AvgIpc) is 2.76. The topological polar surface area (TPSA) is 23.5 Å². The van der Waals surface area contributed by atoms with Crippen molar-refractivity contribution in [2.24, 2.45) is 5.92 Å². The summed E-state index contributed by atoms with van der Waals surface area (Å²) in [4.78, 5) is 3.82. The Hall–Kier alpha value is 0.1000. The predicted molar refractivity (Wildman–Crippen MR) is 67.1 cm³/mol. The SMILES string of the molecule is CC(O)C1CCN(Cc2cc(Br)cs2)C1. The van der Waals surface area contributed by atoms with Crippen molar-refractivity contribution in [2.75, 3.05) is 13.1 Å². The van der Waals surface area contributed by atoms with Gasteiger partial charge >= 0.3 is 0 Å². The van der Waals surface area contributed by atoms with Gasteiger partial charge in [-0.15, -0.1) is 11.3 Å². The number of aliphatic hydroxyl groups excluding tert-OH is 1. The Bertz CT molecular complexity index is 326. The van der Waals surface area contributed by atoms with E-state index in [4.69, 9.17) is 0 Å². The van der Waals surface area contributed by atoms with Gasteiger partial charge in [0.1, 0.15) is 0 Å². The molecule has 15 heavy (non-hydrogen) atoms. The summed E-state index contributed by atoms with van der Waals surface area (Å²) in [5, 5.41) is 11.6. The minimum Gasteiger partial charge on any atom is -0.393 e. The Morgan fingerprint density at radius 3 is 3.07 bits per heavy atom. The van der Waals surface area contributed by atoms with Crippen LogP contribution in [0, 0.1) is 5.92 Å². The highest BCUT2D eigenvalue weighted by atomic mass is 79.9. The molecule has 1 N–H and O–H groups in total. The number of thiophene rings is 1. The van der Waals surface area contributed by atoms with Crippen molar-refractivity contribution in [1.82, 2.24) is 4.90 Å². The van der Waals surface area contributed by atoms with E-state index < -0.39 is 0 Å². The van der Waals surface area contributed by atoms with Crippen LogP contribution in [-0.4, -0.2) is 29.2 Å². The van der Waals surface area contributed by atoms with Crippen LogP contribution in [0.3, 0.4) is 0 Å². The molecule has 4 heteroatoms. The van der Waals surface area contributed by atoms with Gasteiger partial charge in [0.25, 0.3) is 0 Å². The first kappa shape index (κ1) is 11.6. The molecule has 84 valence electrons. The highest BCUT2D eigenvalue weighted by Crippen LogP contribution is 2.25. The Labute approximate surface area is 103 Å². The molecule has 2 rings (SSSR count). The maximum Gasteiger partial charge on any atom is 0.0552 e. The molecule has 0 bridgehead atoms. The number of rotatable bonds is 3. The summed E-state index contributed by atoms with van der Waals surface area (Å²) in [6, 6.07) is 2.18. The van der Waals surface area contributed by atoms with Crippen molar-refractivity contribution < 1.29 is 5.11 Å². The quantitative estimate of drug-likeness (QED) is 0.925. The molecule has 1 aromatic rings. The molecule has 0 aliphatic carbocycles. The Kier molecular flexibility index (Phi) is 3.83. The molecule has 2 atom stereocenters. The second-order valence-electron chi connectivity index (χ2n) is 4.26. The van der Waals surface area contributed by atoms with Crippen molar-refractivity contribution >= 4 is 27.3 Å². The molecule has 1 saturated heterocycles. The second-order valence-corrected chi connectivity index (χ2v) is 6.17. The number of likely N-dealkylation sites (tertiary alicyclic amines) is 1. The number of hydrogen-bond donors (Lipinski definition) is 1. The molecule has 0 amide bonds. The Morgan fingerprint density at radius 1 is 1.73 bits per heavy atom. The average molecular weight is 290 g/mol. The summed E-state index contributed by atoms with van der Waals surface area (Å²) in [7, 11) is 0. The van der Waals surface area contributed by atoms with Gasteiger partial charge in [0, 0.05) is 27.8 Å². The lowest BCUT2D eigenvalue weighted by atomic mass is 10.0. The van der Waals surface area contributed by atoms with Gasteiger partial charge in [-0.25, -0.2) is 0 Å². The summed E-state index contributed by atoms with van der Waals surface area (Å²) in [5.74, 6) is 0.466. The number of hydrogen-bond acceptors (Lipinski definition) is 3. The predicted octanol–water partition coefficient (Wildman–Crippen LogP) is 2.71. The van der Waals surface area contributed by atoms with E-state index in [0.717, 1.165) is 26.1 Å². The summed E-state index contributed by atoms with van der Waals surface area (Å²) < 4.78 is 1.17. The van der Waals surface area contributed by atoms with Gasteiger partial charge in [-0.3, -0.25) is 4.90 Å². The van der Waals surface area contributed by atoms with Gasteiger partial charge in [-0.2, -0.15) is 0 Å². The summed E-state index contributed by atoms with van der Waals surface area (Å²) in [5.41, 5.74) is 0. The molecule has 1 aromatic heterocycles. The van der Waals surface area contributed by atoms with E-state index in [-0.39, 0.29) is 6.10 Å². The van der Waals surface area contributed by atoms with Gasteiger partial charge in [0.2, 0.25) is 0 Å². The van der Waals surface area contributed by atoms with Crippen LogP contribution >= 0.6 is 27.3 Å². The molecular weight excluding hydrogens is 274 g/mol. The van der Waals surface area contributed by atoms with Crippen molar-refractivity contribution in [1.29, 1.82) is 0 Å². The van der Waals surface area contributed by atoms with Crippen LogP contribution in [0.5, 0.6) is 0 Å². The number of nitrogens with zero attached hydrogens (tertiary/aromatic N) is 1. The van der Waals surface area contributed by atoms with E-state index in [1.807, 2.05) is 6.92 Å². The smallest absolute Gasteiger partial charge is 0.0552 e. The van der Waals surface area contributed by atoms with Crippen molar-refractivity contribution in [2.45, 2.75) is 26.0 Å². The molecule has 1 aliphatic heterocycles. The fraction of sp³-hybridized carbons (Fsp3) is 0.636. The first-order chi connectivity index (χ1) is 7.15. The standard InChI is InChI=1S/C11H16BrNOS/c1-8(14)9-2-3-13(5-9)6-11-4-10(12)7-15-11/h4,7-9,14H,2-3,5-6H2,1H3. The first-order valence-corrected chi connectivity index (χ1v) is 6.96. The van der Waals surface area contributed by atoms with Crippen LogP contribution in [0.15, 0.2) is 15.9 Å². The molecule has 2 unspecified atom stereocenters. The minimum absolute atomic E-state index is 0.162. The third-order valence-corrected chi connectivity index (χ3v) is 4.67. The van der Waals surface area contributed by atoms with Gasteiger partial charge < -0.3 is 5.11 Å². The van der Waals surface area contributed by atoms with Crippen molar-refractivity contribution in [3.63, 3.8) is 0 Å². The van der Waals surface area contributed by atoms with Crippen molar-refractivity contribution in [3.05, 3.63) is 20.8 Å². The summed E-state index contributed by atoms with van der Waals surface area (Å²) in [6.45, 7) is 5.08. The van der Waals surface area contributed by atoms with Crippen LogP contribution in [0.2, 0.25) is 0 Å². The lowest BCUT2D eigenvalue weighted by Gasteiger charge is -2.16. The van der Waals surface area contributed by atoms with E-state index in [0.29, 0.717) is 5.92 Å². The zero-order valence-electron chi connectivity index (χ0n) is 8.82. The molecule has 0 aromatic carbocycles. The zero-order valence-corrected chi connectivity index (χ0v) is 11.2. The van der Waals surface area contributed by atoms with Gasteiger partial charge in [0.15, 0.2) is 0 Å². The molecule has 2 nitrogen and oxygen atoms in total.